The van der Waals surface area contributed by atoms with E-state index in [1.54, 1.807) is 6.20 Å². The molecule has 7 heteroatoms. The van der Waals surface area contributed by atoms with Crippen LogP contribution in [0.15, 0.2) is 12.4 Å². The van der Waals surface area contributed by atoms with Gasteiger partial charge in [-0.05, 0) is 6.92 Å². The minimum absolute atomic E-state index is 0.376. The second-order valence-electron chi connectivity index (χ2n) is 3.70. The summed E-state index contributed by atoms with van der Waals surface area (Å²) < 4.78 is 0. The van der Waals surface area contributed by atoms with E-state index in [-0.39, 0.29) is 0 Å². The van der Waals surface area contributed by atoms with Crippen molar-refractivity contribution in [3.05, 3.63) is 12.4 Å². The lowest BCUT2D eigenvalue weighted by atomic mass is 10.0. The molecule has 0 aliphatic carbocycles. The Hall–Kier alpha value is -1.44. The summed E-state index contributed by atoms with van der Waals surface area (Å²) in [5, 5.41) is 33.3. The van der Waals surface area contributed by atoms with Crippen LogP contribution in [0.5, 0.6) is 0 Å². The molecule has 0 spiro atoms. The average Bonchev–Trinajstić information content (AvgIpc) is 2.37. The minimum atomic E-state index is -1.19. The average molecular weight is 242 g/mol. The van der Waals surface area contributed by atoms with Gasteiger partial charge in [0.05, 0.1) is 32.2 Å². The van der Waals surface area contributed by atoms with Crippen LogP contribution in [0.25, 0.3) is 0 Å². The van der Waals surface area contributed by atoms with Crippen molar-refractivity contribution in [1.82, 2.24) is 9.97 Å². The van der Waals surface area contributed by atoms with Gasteiger partial charge in [-0.25, -0.2) is 4.98 Å². The van der Waals surface area contributed by atoms with E-state index in [0.29, 0.717) is 18.2 Å². The molecule has 0 aromatic carbocycles. The molecule has 5 N–H and O–H groups in total. The van der Waals surface area contributed by atoms with E-state index in [0.717, 1.165) is 0 Å². The lowest BCUT2D eigenvalue weighted by Crippen LogP contribution is -2.49. The molecule has 7 nitrogen and oxygen atoms in total. The van der Waals surface area contributed by atoms with Crippen LogP contribution < -0.4 is 10.6 Å². The lowest BCUT2D eigenvalue weighted by molar-refractivity contribution is 0.0831. The van der Waals surface area contributed by atoms with E-state index in [2.05, 4.69) is 20.6 Å². The predicted molar refractivity (Wildman–Crippen MR) is 63.8 cm³/mol. The standard InChI is InChI=1S/C10H18N4O3/c1-2-12-8-3-11-4-9(13-8)14-10(5-15,6-16)7-17/h3-4,15-17H,2,5-7H2,1H3,(H2,12,13,14). The molecule has 0 aliphatic heterocycles. The summed E-state index contributed by atoms with van der Waals surface area (Å²) in [6.45, 7) is 1.41. The van der Waals surface area contributed by atoms with Crippen LogP contribution in [-0.4, -0.2) is 57.2 Å². The smallest absolute Gasteiger partial charge is 0.147 e. The molecule has 0 saturated heterocycles. The number of hydrogen-bond donors (Lipinski definition) is 5. The molecule has 1 aromatic heterocycles. The van der Waals surface area contributed by atoms with Gasteiger partial charge in [-0.3, -0.25) is 4.98 Å². The molecule has 0 atom stereocenters. The van der Waals surface area contributed by atoms with Crippen LogP contribution in [0.3, 0.4) is 0 Å². The number of anilines is 2. The van der Waals surface area contributed by atoms with Gasteiger partial charge in [0.2, 0.25) is 0 Å². The second kappa shape index (κ2) is 6.33. The number of aliphatic hydroxyl groups excluding tert-OH is 3. The van der Waals surface area contributed by atoms with Gasteiger partial charge in [0.1, 0.15) is 17.2 Å². The van der Waals surface area contributed by atoms with Crippen molar-refractivity contribution in [2.45, 2.75) is 12.5 Å². The summed E-state index contributed by atoms with van der Waals surface area (Å²) in [4.78, 5) is 8.13. The molecule has 1 rings (SSSR count). The van der Waals surface area contributed by atoms with Crippen molar-refractivity contribution in [2.75, 3.05) is 37.0 Å². The van der Waals surface area contributed by atoms with E-state index in [9.17, 15) is 0 Å². The molecule has 0 aliphatic rings. The van der Waals surface area contributed by atoms with E-state index < -0.39 is 25.4 Å². The highest BCUT2D eigenvalue weighted by Crippen LogP contribution is 2.13. The molecule has 1 aromatic rings. The molecule has 0 saturated carbocycles. The van der Waals surface area contributed by atoms with Crippen molar-refractivity contribution >= 4 is 11.6 Å². The Morgan fingerprint density at radius 1 is 1.12 bits per heavy atom. The number of nitrogens with zero attached hydrogens (tertiary/aromatic N) is 2. The van der Waals surface area contributed by atoms with E-state index in [4.69, 9.17) is 15.3 Å². The molecule has 0 radical (unpaired) electrons. The summed E-state index contributed by atoms with van der Waals surface area (Å²) in [5.74, 6) is 0.959. The van der Waals surface area contributed by atoms with Gasteiger partial charge >= 0.3 is 0 Å². The zero-order valence-corrected chi connectivity index (χ0v) is 9.72. The summed E-state index contributed by atoms with van der Waals surface area (Å²) in [7, 11) is 0. The maximum absolute atomic E-state index is 9.16. The third-order valence-electron chi connectivity index (χ3n) is 2.29. The molecule has 17 heavy (non-hydrogen) atoms. The van der Waals surface area contributed by atoms with Crippen molar-refractivity contribution in [1.29, 1.82) is 0 Å². The largest absolute Gasteiger partial charge is 0.394 e. The number of aliphatic hydroxyl groups is 3. The number of aromatic nitrogens is 2. The van der Waals surface area contributed by atoms with Gasteiger partial charge in [0.15, 0.2) is 0 Å². The van der Waals surface area contributed by atoms with E-state index in [1.807, 2.05) is 6.92 Å². The quantitative estimate of drug-likeness (QED) is 0.418. The topological polar surface area (TPSA) is 111 Å². The molecule has 1 heterocycles. The second-order valence-corrected chi connectivity index (χ2v) is 3.70. The first-order valence-corrected chi connectivity index (χ1v) is 5.36. The Bertz CT molecular complexity index is 336. The van der Waals surface area contributed by atoms with Crippen LogP contribution in [0.2, 0.25) is 0 Å². The lowest BCUT2D eigenvalue weighted by Gasteiger charge is -2.29. The van der Waals surface area contributed by atoms with Crippen LogP contribution in [0.4, 0.5) is 11.6 Å². The van der Waals surface area contributed by atoms with Crippen molar-refractivity contribution in [3.8, 4) is 0 Å². The normalized spacial score (nSPS) is 11.3. The van der Waals surface area contributed by atoms with Gasteiger partial charge < -0.3 is 26.0 Å². The molecular formula is C10H18N4O3. The third-order valence-corrected chi connectivity index (χ3v) is 2.29. The first-order chi connectivity index (χ1) is 8.19. The summed E-state index contributed by atoms with van der Waals surface area (Å²) in [5.41, 5.74) is -1.19. The van der Waals surface area contributed by atoms with E-state index in [1.165, 1.54) is 6.20 Å². The highest BCUT2D eigenvalue weighted by Gasteiger charge is 2.28. The van der Waals surface area contributed by atoms with Crippen LogP contribution in [0, 0.1) is 0 Å². The number of hydrogen-bond acceptors (Lipinski definition) is 7. The zero-order chi connectivity index (χ0) is 12.7. The van der Waals surface area contributed by atoms with Gasteiger partial charge in [-0.1, -0.05) is 0 Å². The molecule has 0 unspecified atom stereocenters. The Labute approximate surface area is 99.5 Å². The predicted octanol–water partition coefficient (Wildman–Crippen LogP) is -0.964. The van der Waals surface area contributed by atoms with Gasteiger partial charge in [0.25, 0.3) is 0 Å². The number of nitrogens with one attached hydrogen (secondary N) is 2. The zero-order valence-electron chi connectivity index (χ0n) is 9.72. The highest BCUT2D eigenvalue weighted by molar-refractivity contribution is 5.43. The maximum atomic E-state index is 9.16. The fraction of sp³-hybridized carbons (Fsp3) is 0.600. The molecule has 96 valence electrons. The minimum Gasteiger partial charge on any atom is -0.394 e. The van der Waals surface area contributed by atoms with Gasteiger partial charge in [-0.2, -0.15) is 0 Å². The molecule has 0 fully saturated rings. The molecular weight excluding hydrogens is 224 g/mol. The van der Waals surface area contributed by atoms with Gasteiger partial charge in [-0.15, -0.1) is 0 Å². The molecule has 0 bridgehead atoms. The first kappa shape index (κ1) is 13.6. The van der Waals surface area contributed by atoms with E-state index >= 15 is 0 Å². The number of rotatable bonds is 7. The maximum Gasteiger partial charge on any atom is 0.147 e. The Morgan fingerprint density at radius 2 is 1.71 bits per heavy atom. The third kappa shape index (κ3) is 3.52. The Balaban J connectivity index is 2.82. The summed E-state index contributed by atoms with van der Waals surface area (Å²) in [6.07, 6.45) is 3.02. The highest BCUT2D eigenvalue weighted by atomic mass is 16.3. The summed E-state index contributed by atoms with van der Waals surface area (Å²) >= 11 is 0. The van der Waals surface area contributed by atoms with Crippen molar-refractivity contribution in [3.63, 3.8) is 0 Å². The first-order valence-electron chi connectivity index (χ1n) is 5.36. The Kier molecular flexibility index (Phi) is 5.08. The SMILES string of the molecule is CCNc1cncc(NC(CO)(CO)CO)n1. The van der Waals surface area contributed by atoms with Crippen molar-refractivity contribution in [2.24, 2.45) is 0 Å². The summed E-state index contributed by atoms with van der Waals surface area (Å²) in [6, 6.07) is 0. The monoisotopic (exact) mass is 242 g/mol. The van der Waals surface area contributed by atoms with Gasteiger partial charge in [0, 0.05) is 6.54 Å². The Morgan fingerprint density at radius 3 is 2.24 bits per heavy atom. The van der Waals surface area contributed by atoms with Crippen LogP contribution >= 0.6 is 0 Å². The fourth-order valence-corrected chi connectivity index (χ4v) is 1.23. The van der Waals surface area contributed by atoms with Crippen LogP contribution in [0.1, 0.15) is 6.92 Å². The fourth-order valence-electron chi connectivity index (χ4n) is 1.23. The molecule has 0 amide bonds. The van der Waals surface area contributed by atoms with Crippen LogP contribution in [-0.2, 0) is 0 Å². The van der Waals surface area contributed by atoms with Crippen molar-refractivity contribution < 1.29 is 15.3 Å².